The van der Waals surface area contributed by atoms with Gasteiger partial charge in [0.25, 0.3) is 5.91 Å². The van der Waals surface area contributed by atoms with Gasteiger partial charge in [0.05, 0.1) is 24.8 Å². The van der Waals surface area contributed by atoms with Gasteiger partial charge in [-0.2, -0.15) is 5.10 Å². The predicted octanol–water partition coefficient (Wildman–Crippen LogP) is 2.53. The first-order valence-electron chi connectivity index (χ1n) is 7.67. The zero-order valence-electron chi connectivity index (χ0n) is 14.4. The molecular weight excluding hydrogens is 320 g/mol. The van der Waals surface area contributed by atoms with Gasteiger partial charge in [-0.1, -0.05) is 6.07 Å². The van der Waals surface area contributed by atoms with Crippen molar-refractivity contribution in [1.29, 1.82) is 0 Å². The second-order valence-corrected chi connectivity index (χ2v) is 5.46. The molecule has 1 aromatic heterocycles. The van der Waals surface area contributed by atoms with Crippen LogP contribution in [0.1, 0.15) is 29.3 Å². The number of rotatable bonds is 6. The molecule has 0 saturated heterocycles. The van der Waals surface area contributed by atoms with Crippen LogP contribution in [0.2, 0.25) is 0 Å². The molecule has 0 aliphatic carbocycles. The molecule has 0 saturated carbocycles. The van der Waals surface area contributed by atoms with E-state index in [1.807, 2.05) is 19.1 Å². The van der Waals surface area contributed by atoms with Gasteiger partial charge in [0.15, 0.2) is 0 Å². The predicted molar refractivity (Wildman–Crippen MR) is 95.8 cm³/mol. The van der Waals surface area contributed by atoms with Gasteiger partial charge in [0, 0.05) is 18.1 Å². The average molecular weight is 340 g/mol. The Morgan fingerprint density at radius 2 is 2.08 bits per heavy atom. The molecule has 7 heteroatoms. The van der Waals surface area contributed by atoms with E-state index in [4.69, 9.17) is 4.74 Å². The quantitative estimate of drug-likeness (QED) is 0.624. The first-order valence-corrected chi connectivity index (χ1v) is 7.67. The van der Waals surface area contributed by atoms with Crippen molar-refractivity contribution in [3.63, 3.8) is 0 Å². The van der Waals surface area contributed by atoms with Gasteiger partial charge in [0.2, 0.25) is 5.91 Å². The van der Waals surface area contributed by atoms with Crippen LogP contribution in [0.15, 0.2) is 47.8 Å². The number of hydrazone groups is 1. The van der Waals surface area contributed by atoms with Crippen LogP contribution in [0.25, 0.3) is 0 Å². The highest BCUT2D eigenvalue weighted by Crippen LogP contribution is 2.25. The minimum Gasteiger partial charge on any atom is -0.495 e. The Bertz CT molecular complexity index is 788. The number of carbonyl (C=O) groups is 2. The van der Waals surface area contributed by atoms with Crippen LogP contribution in [0, 0.1) is 6.92 Å². The molecule has 0 unspecified atom stereocenters. The molecule has 2 rings (SSSR count). The van der Waals surface area contributed by atoms with E-state index < -0.39 is 0 Å². The topological polar surface area (TPSA) is 92.7 Å². The summed E-state index contributed by atoms with van der Waals surface area (Å²) in [7, 11) is 1.54. The molecule has 0 fully saturated rings. The first-order chi connectivity index (χ1) is 12.0. The highest BCUT2D eigenvalue weighted by molar-refractivity contribution is 6.06. The number of aromatic nitrogens is 1. The lowest BCUT2D eigenvalue weighted by Crippen LogP contribution is -2.21. The van der Waals surface area contributed by atoms with Gasteiger partial charge in [-0.25, -0.2) is 5.43 Å². The maximum Gasteiger partial charge on any atom is 0.272 e. The van der Waals surface area contributed by atoms with Gasteiger partial charge in [0.1, 0.15) is 5.75 Å². The van der Waals surface area contributed by atoms with E-state index in [1.54, 1.807) is 38.4 Å². The van der Waals surface area contributed by atoms with E-state index in [0.29, 0.717) is 22.7 Å². The number of nitrogens with zero attached hydrogens (tertiary/aromatic N) is 2. The molecule has 2 aromatic rings. The van der Waals surface area contributed by atoms with Crippen LogP contribution < -0.4 is 15.5 Å². The van der Waals surface area contributed by atoms with Crippen LogP contribution in [-0.4, -0.2) is 29.6 Å². The number of hydrogen-bond donors (Lipinski definition) is 2. The summed E-state index contributed by atoms with van der Waals surface area (Å²) >= 11 is 0. The Morgan fingerprint density at radius 3 is 2.76 bits per heavy atom. The van der Waals surface area contributed by atoms with Gasteiger partial charge >= 0.3 is 0 Å². The Morgan fingerprint density at radius 1 is 1.28 bits per heavy atom. The summed E-state index contributed by atoms with van der Waals surface area (Å²) in [6, 6.07) is 8.81. The van der Waals surface area contributed by atoms with Gasteiger partial charge in [-0.3, -0.25) is 14.6 Å². The van der Waals surface area contributed by atoms with Crippen LogP contribution in [-0.2, 0) is 4.79 Å². The summed E-state index contributed by atoms with van der Waals surface area (Å²) in [5, 5.41) is 6.72. The van der Waals surface area contributed by atoms with Crippen LogP contribution in [0.4, 0.5) is 5.69 Å². The fraction of sp³-hybridized carbons (Fsp3) is 0.222. The number of carbonyl (C=O) groups excluding carboxylic acids is 2. The van der Waals surface area contributed by atoms with Crippen LogP contribution in [0.3, 0.4) is 0 Å². The Balaban J connectivity index is 1.94. The van der Waals surface area contributed by atoms with Gasteiger partial charge < -0.3 is 10.1 Å². The van der Waals surface area contributed by atoms with Crippen molar-refractivity contribution in [2.75, 3.05) is 12.4 Å². The van der Waals surface area contributed by atoms with Crippen molar-refractivity contribution in [1.82, 2.24) is 10.4 Å². The maximum absolute atomic E-state index is 12.1. The fourth-order valence-electron chi connectivity index (χ4n) is 2.09. The van der Waals surface area contributed by atoms with Crippen molar-refractivity contribution in [2.24, 2.45) is 5.10 Å². The van der Waals surface area contributed by atoms with Crippen molar-refractivity contribution >= 4 is 23.2 Å². The molecule has 0 atom stereocenters. The molecular formula is C18H20N4O3. The first kappa shape index (κ1) is 18.1. The number of nitrogens with one attached hydrogen (secondary N) is 2. The summed E-state index contributed by atoms with van der Waals surface area (Å²) in [5.41, 5.74) is 4.88. The van der Waals surface area contributed by atoms with E-state index in [1.165, 1.54) is 6.20 Å². The minimum atomic E-state index is -0.381. The van der Waals surface area contributed by atoms with Gasteiger partial charge in [-0.05, 0) is 43.7 Å². The van der Waals surface area contributed by atoms with Crippen LogP contribution >= 0.6 is 0 Å². The summed E-state index contributed by atoms with van der Waals surface area (Å²) in [6.07, 6.45) is 3.07. The summed E-state index contributed by atoms with van der Waals surface area (Å²) in [4.78, 5) is 27.9. The summed E-state index contributed by atoms with van der Waals surface area (Å²) < 4.78 is 5.23. The Labute approximate surface area is 146 Å². The van der Waals surface area contributed by atoms with Crippen molar-refractivity contribution < 1.29 is 14.3 Å². The second kappa shape index (κ2) is 8.58. The number of ether oxygens (including phenoxy) is 1. The molecule has 7 nitrogen and oxygen atoms in total. The molecule has 1 aromatic carbocycles. The number of aryl methyl sites for hydroxylation is 1. The standard InChI is InChI=1S/C18H20N4O3/c1-12-6-7-16(25-3)15(9-12)20-17(23)10-13(2)21-22-18(24)14-5-4-8-19-11-14/h4-9,11H,10H2,1-3H3,(H,20,23)(H,22,24). The van der Waals surface area contributed by atoms with Crippen molar-refractivity contribution in [3.8, 4) is 5.75 Å². The molecule has 2 amide bonds. The van der Waals surface area contributed by atoms with Crippen molar-refractivity contribution in [2.45, 2.75) is 20.3 Å². The lowest BCUT2D eigenvalue weighted by molar-refractivity contribution is -0.115. The fourth-order valence-corrected chi connectivity index (χ4v) is 2.09. The van der Waals surface area contributed by atoms with Crippen molar-refractivity contribution in [3.05, 3.63) is 53.9 Å². The van der Waals surface area contributed by atoms with Gasteiger partial charge in [-0.15, -0.1) is 0 Å². The number of amides is 2. The molecule has 1 heterocycles. The van der Waals surface area contributed by atoms with E-state index >= 15 is 0 Å². The molecule has 0 bridgehead atoms. The zero-order chi connectivity index (χ0) is 18.2. The largest absolute Gasteiger partial charge is 0.495 e. The number of pyridine rings is 1. The second-order valence-electron chi connectivity index (χ2n) is 5.46. The molecule has 130 valence electrons. The normalized spacial score (nSPS) is 10.9. The molecule has 0 aliphatic rings. The number of methoxy groups -OCH3 is 1. The molecule has 0 aliphatic heterocycles. The third-order valence-electron chi connectivity index (χ3n) is 3.32. The summed E-state index contributed by atoms with van der Waals surface area (Å²) in [6.45, 7) is 3.59. The molecule has 25 heavy (non-hydrogen) atoms. The lowest BCUT2D eigenvalue weighted by atomic mass is 10.2. The maximum atomic E-state index is 12.1. The SMILES string of the molecule is COc1ccc(C)cc1NC(=O)CC(C)=NNC(=O)c1cccnc1. The van der Waals surface area contributed by atoms with E-state index in [2.05, 4.69) is 20.8 Å². The third kappa shape index (κ3) is 5.42. The number of anilines is 1. The third-order valence-corrected chi connectivity index (χ3v) is 3.32. The molecule has 0 radical (unpaired) electrons. The van der Waals surface area contributed by atoms with E-state index in [9.17, 15) is 9.59 Å². The Hall–Kier alpha value is -3.22. The highest BCUT2D eigenvalue weighted by atomic mass is 16.5. The number of hydrogen-bond acceptors (Lipinski definition) is 5. The molecule has 2 N–H and O–H groups in total. The highest BCUT2D eigenvalue weighted by Gasteiger charge is 2.10. The van der Waals surface area contributed by atoms with E-state index in [-0.39, 0.29) is 18.2 Å². The Kier molecular flexibility index (Phi) is 6.22. The van der Waals surface area contributed by atoms with Crippen LogP contribution in [0.5, 0.6) is 5.75 Å². The summed E-state index contributed by atoms with van der Waals surface area (Å²) in [5.74, 6) is -0.0487. The smallest absolute Gasteiger partial charge is 0.272 e. The minimum absolute atomic E-state index is 0.0460. The lowest BCUT2D eigenvalue weighted by Gasteiger charge is -2.11. The molecule has 0 spiro atoms. The number of benzene rings is 1. The van der Waals surface area contributed by atoms with E-state index in [0.717, 1.165) is 5.56 Å². The zero-order valence-corrected chi connectivity index (χ0v) is 14.4. The average Bonchev–Trinajstić information content (AvgIpc) is 2.60. The monoisotopic (exact) mass is 340 g/mol.